The van der Waals surface area contributed by atoms with E-state index in [4.69, 9.17) is 8.37 Å². The van der Waals surface area contributed by atoms with E-state index >= 15 is 0 Å². The minimum absolute atomic E-state index is 0.699. The van der Waals surface area contributed by atoms with E-state index in [-0.39, 0.29) is 0 Å². The largest absolute Gasteiger partial charge is 0.292 e. The minimum Gasteiger partial charge on any atom is -0.292 e. The van der Waals surface area contributed by atoms with Gasteiger partial charge in [0.15, 0.2) is 12.3 Å². The Morgan fingerprint density at radius 1 is 1.14 bits per heavy atom. The molecule has 0 spiro atoms. The molecular weight excluding hydrogens is 112 g/mol. The maximum Gasteiger partial charge on any atom is 0.158 e. The summed E-state index contributed by atoms with van der Waals surface area (Å²) in [6, 6.07) is 0. The van der Waals surface area contributed by atoms with Crippen molar-refractivity contribution in [2.24, 2.45) is 0 Å². The third-order valence-corrected chi connectivity index (χ3v) is 0.996. The van der Waals surface area contributed by atoms with Crippen LogP contribution in [0.2, 0.25) is 0 Å². The normalized spacial score (nSPS) is 9.43. The van der Waals surface area contributed by atoms with Gasteiger partial charge in [0, 0.05) is 0 Å². The van der Waals surface area contributed by atoms with Crippen molar-refractivity contribution < 1.29 is 8.37 Å². The van der Waals surface area contributed by atoms with Gasteiger partial charge in [0.05, 0.1) is 13.2 Å². The van der Waals surface area contributed by atoms with E-state index in [2.05, 4.69) is 0 Å². The van der Waals surface area contributed by atoms with Crippen LogP contribution in [0.25, 0.3) is 0 Å². The van der Waals surface area contributed by atoms with E-state index in [9.17, 15) is 0 Å². The summed E-state index contributed by atoms with van der Waals surface area (Å²) in [4.78, 5) is 0. The molecule has 0 rings (SSSR count). The molecule has 7 heavy (non-hydrogen) atoms. The highest BCUT2D eigenvalue weighted by Crippen LogP contribution is 2.01. The first kappa shape index (κ1) is 7.27. The van der Waals surface area contributed by atoms with Crippen molar-refractivity contribution >= 4 is 12.3 Å². The third-order valence-electron chi connectivity index (χ3n) is 0.332. The van der Waals surface area contributed by atoms with Crippen molar-refractivity contribution in [2.75, 3.05) is 13.2 Å². The molecule has 0 aromatic carbocycles. The van der Waals surface area contributed by atoms with E-state index in [1.54, 1.807) is 0 Å². The summed E-state index contributed by atoms with van der Waals surface area (Å²) in [5.74, 6) is 0. The zero-order valence-electron chi connectivity index (χ0n) is 4.64. The first-order valence-electron chi connectivity index (χ1n) is 2.32. The predicted molar refractivity (Wildman–Crippen MR) is 30.8 cm³/mol. The van der Waals surface area contributed by atoms with Crippen LogP contribution in [0.15, 0.2) is 0 Å². The fourth-order valence-corrected chi connectivity index (χ4v) is 0.391. The first-order valence-corrected chi connectivity index (χ1v) is 2.99. The molecule has 0 radical (unpaired) electrons. The van der Waals surface area contributed by atoms with E-state index in [0.717, 1.165) is 12.3 Å². The lowest BCUT2D eigenvalue weighted by molar-refractivity contribution is 0.309. The van der Waals surface area contributed by atoms with Crippen LogP contribution in [0.3, 0.4) is 0 Å². The number of rotatable bonds is 4. The van der Waals surface area contributed by atoms with Gasteiger partial charge in [-0.05, 0) is 13.8 Å². The molecule has 44 valence electrons. The van der Waals surface area contributed by atoms with Crippen LogP contribution < -0.4 is 0 Å². The molecule has 3 heteroatoms. The first-order chi connectivity index (χ1) is 3.41. The van der Waals surface area contributed by atoms with Crippen LogP contribution in [0.4, 0.5) is 0 Å². The van der Waals surface area contributed by atoms with Gasteiger partial charge in [0.1, 0.15) is 0 Å². The SMILES string of the molecule is CCOSOCC. The van der Waals surface area contributed by atoms with E-state index < -0.39 is 0 Å². The van der Waals surface area contributed by atoms with Crippen LogP contribution in [0.1, 0.15) is 13.8 Å². The fourth-order valence-electron chi connectivity index (χ4n) is 0.130. The standard InChI is InChI=1S/C4H10O2S/c1-3-5-7-6-4-2/h3-4H2,1-2H3. The molecule has 0 fully saturated rings. The third kappa shape index (κ3) is 6.27. The van der Waals surface area contributed by atoms with Gasteiger partial charge in [0.25, 0.3) is 0 Å². The second-order valence-electron chi connectivity index (χ2n) is 0.881. The van der Waals surface area contributed by atoms with Crippen LogP contribution in [-0.2, 0) is 8.37 Å². The summed E-state index contributed by atoms with van der Waals surface area (Å²) in [7, 11) is 0. The van der Waals surface area contributed by atoms with Crippen molar-refractivity contribution in [1.29, 1.82) is 0 Å². The van der Waals surface area contributed by atoms with Crippen molar-refractivity contribution in [3.8, 4) is 0 Å². The lowest BCUT2D eigenvalue weighted by atomic mass is 10.9. The Bertz CT molecular complexity index is 28.9. The molecule has 0 atom stereocenters. The molecule has 0 aliphatic rings. The molecule has 0 amide bonds. The van der Waals surface area contributed by atoms with Gasteiger partial charge < -0.3 is 0 Å². The maximum absolute atomic E-state index is 4.77. The Balaban J connectivity index is 2.45. The molecule has 0 aliphatic carbocycles. The van der Waals surface area contributed by atoms with Crippen molar-refractivity contribution in [3.05, 3.63) is 0 Å². The molecule has 0 saturated heterocycles. The molecule has 0 bridgehead atoms. The Labute approximate surface area is 48.6 Å². The highest BCUT2D eigenvalue weighted by atomic mass is 32.2. The highest BCUT2D eigenvalue weighted by Gasteiger charge is 1.79. The number of hydrogen-bond acceptors (Lipinski definition) is 3. The number of hydrogen-bond donors (Lipinski definition) is 0. The Kier molecular flexibility index (Phi) is 6.51. The van der Waals surface area contributed by atoms with E-state index in [1.165, 1.54) is 0 Å². The average Bonchev–Trinajstić information content (AvgIpc) is 1.69. The fraction of sp³-hybridized carbons (Fsp3) is 1.00. The van der Waals surface area contributed by atoms with Crippen LogP contribution >= 0.6 is 12.3 Å². The minimum atomic E-state index is 0.699. The summed E-state index contributed by atoms with van der Waals surface area (Å²) in [5, 5.41) is 0. The lowest BCUT2D eigenvalue weighted by Gasteiger charge is -1.93. The van der Waals surface area contributed by atoms with Gasteiger partial charge in [-0.25, -0.2) is 0 Å². The van der Waals surface area contributed by atoms with Crippen molar-refractivity contribution in [3.63, 3.8) is 0 Å². The maximum atomic E-state index is 4.77. The smallest absolute Gasteiger partial charge is 0.158 e. The summed E-state index contributed by atoms with van der Waals surface area (Å²) >= 11 is 1.05. The summed E-state index contributed by atoms with van der Waals surface area (Å²) in [5.41, 5.74) is 0. The molecule has 0 aromatic heterocycles. The predicted octanol–water partition coefficient (Wildman–Crippen LogP) is 1.62. The van der Waals surface area contributed by atoms with Crippen molar-refractivity contribution in [1.82, 2.24) is 0 Å². The topological polar surface area (TPSA) is 18.5 Å². The molecule has 0 aromatic rings. The zero-order chi connectivity index (χ0) is 5.54. The Morgan fingerprint density at radius 3 is 1.86 bits per heavy atom. The molecule has 0 aliphatic heterocycles. The zero-order valence-corrected chi connectivity index (χ0v) is 5.46. The highest BCUT2D eigenvalue weighted by molar-refractivity contribution is 7.89. The van der Waals surface area contributed by atoms with Gasteiger partial charge in [-0.15, -0.1) is 0 Å². The second kappa shape index (κ2) is 6.27. The lowest BCUT2D eigenvalue weighted by Crippen LogP contribution is -1.80. The molecular formula is C4H10O2S. The van der Waals surface area contributed by atoms with Crippen LogP contribution in [0, 0.1) is 0 Å². The molecule has 0 heterocycles. The molecule has 0 unspecified atom stereocenters. The van der Waals surface area contributed by atoms with Crippen LogP contribution in [0.5, 0.6) is 0 Å². The second-order valence-corrected chi connectivity index (χ2v) is 1.49. The molecule has 0 saturated carbocycles. The average molecular weight is 122 g/mol. The quantitative estimate of drug-likeness (QED) is 0.417. The summed E-state index contributed by atoms with van der Waals surface area (Å²) in [6.07, 6.45) is 0. The molecule has 2 nitrogen and oxygen atoms in total. The van der Waals surface area contributed by atoms with Crippen LogP contribution in [-0.4, -0.2) is 13.2 Å². The van der Waals surface area contributed by atoms with Gasteiger partial charge in [0.2, 0.25) is 0 Å². The van der Waals surface area contributed by atoms with Gasteiger partial charge >= 0.3 is 0 Å². The summed E-state index contributed by atoms with van der Waals surface area (Å²) in [6.45, 7) is 5.24. The van der Waals surface area contributed by atoms with E-state index in [0.29, 0.717) is 13.2 Å². The Morgan fingerprint density at radius 2 is 1.57 bits per heavy atom. The van der Waals surface area contributed by atoms with E-state index in [1.807, 2.05) is 13.8 Å². The molecule has 0 N–H and O–H groups in total. The van der Waals surface area contributed by atoms with Gasteiger partial charge in [-0.2, -0.15) is 0 Å². The summed E-state index contributed by atoms with van der Waals surface area (Å²) < 4.78 is 9.54. The monoisotopic (exact) mass is 122 g/mol. The van der Waals surface area contributed by atoms with Gasteiger partial charge in [-0.3, -0.25) is 8.37 Å². The Hall–Kier alpha value is 0.270. The van der Waals surface area contributed by atoms with Gasteiger partial charge in [-0.1, -0.05) is 0 Å². The van der Waals surface area contributed by atoms with Crippen molar-refractivity contribution in [2.45, 2.75) is 13.8 Å².